The van der Waals surface area contributed by atoms with Crippen molar-refractivity contribution >= 4 is 5.91 Å². The van der Waals surface area contributed by atoms with Gasteiger partial charge in [0.15, 0.2) is 0 Å². The van der Waals surface area contributed by atoms with Crippen LogP contribution in [0.3, 0.4) is 0 Å². The first-order valence-corrected chi connectivity index (χ1v) is 8.59. The van der Waals surface area contributed by atoms with Crippen molar-refractivity contribution in [2.45, 2.75) is 37.7 Å². The van der Waals surface area contributed by atoms with Crippen LogP contribution in [0.5, 0.6) is 5.75 Å². The van der Waals surface area contributed by atoms with Crippen molar-refractivity contribution in [3.8, 4) is 5.75 Å². The molecule has 23 heavy (non-hydrogen) atoms. The van der Waals surface area contributed by atoms with Crippen LogP contribution in [0.25, 0.3) is 0 Å². The number of hydrogen-bond acceptors (Lipinski definition) is 4. The number of phenolic OH excluding ortho intramolecular Hbond substituents is 1. The van der Waals surface area contributed by atoms with Crippen molar-refractivity contribution in [2.24, 2.45) is 0 Å². The van der Waals surface area contributed by atoms with E-state index < -0.39 is 5.60 Å². The second-order valence-electron chi connectivity index (χ2n) is 6.90. The molecule has 2 heterocycles. The highest BCUT2D eigenvalue weighted by Crippen LogP contribution is 2.26. The number of carbonyl (C=O) groups is 1. The smallest absolute Gasteiger partial charge is 0.253 e. The van der Waals surface area contributed by atoms with Crippen LogP contribution >= 0.6 is 0 Å². The predicted molar refractivity (Wildman–Crippen MR) is 88.5 cm³/mol. The van der Waals surface area contributed by atoms with Gasteiger partial charge in [-0.15, -0.1) is 0 Å². The highest BCUT2D eigenvalue weighted by Gasteiger charge is 2.34. The molecule has 126 valence electrons. The normalized spacial score (nSPS) is 26.2. The van der Waals surface area contributed by atoms with E-state index in [9.17, 15) is 15.0 Å². The summed E-state index contributed by atoms with van der Waals surface area (Å²) in [7, 11) is 0. The second-order valence-corrected chi connectivity index (χ2v) is 6.90. The lowest BCUT2D eigenvalue weighted by Crippen LogP contribution is -2.43. The predicted octanol–water partition coefficient (Wildman–Crippen LogP) is 1.85. The van der Waals surface area contributed by atoms with Crippen LogP contribution in [0.2, 0.25) is 0 Å². The highest BCUT2D eigenvalue weighted by molar-refractivity contribution is 5.94. The molecule has 0 spiro atoms. The largest absolute Gasteiger partial charge is 0.508 e. The number of likely N-dealkylation sites (tertiary alicyclic amines) is 2. The Labute approximate surface area is 137 Å². The minimum Gasteiger partial charge on any atom is -0.508 e. The van der Waals surface area contributed by atoms with Crippen molar-refractivity contribution < 1.29 is 15.0 Å². The molecule has 5 heteroatoms. The summed E-state index contributed by atoms with van der Waals surface area (Å²) in [4.78, 5) is 16.7. The average Bonchev–Trinajstić information content (AvgIpc) is 2.95. The number of carbonyl (C=O) groups excluding carboxylic acids is 1. The maximum absolute atomic E-state index is 12.6. The summed E-state index contributed by atoms with van der Waals surface area (Å²) in [5.41, 5.74) is -0.0818. The Bertz CT molecular complexity index is 540. The van der Waals surface area contributed by atoms with Crippen LogP contribution in [-0.2, 0) is 0 Å². The number of amides is 1. The first-order chi connectivity index (χ1) is 11.1. The van der Waals surface area contributed by atoms with E-state index in [0.29, 0.717) is 25.1 Å². The fraction of sp³-hybridized carbons (Fsp3) is 0.611. The van der Waals surface area contributed by atoms with Crippen molar-refractivity contribution in [1.29, 1.82) is 0 Å². The van der Waals surface area contributed by atoms with Crippen molar-refractivity contribution in [2.75, 3.05) is 32.7 Å². The standard InChI is InChI=1S/C18H26N2O3/c21-16-6-4-15(5-7-16)17(22)20-12-3-8-18(23,9-13-20)14-19-10-1-2-11-19/h4-7,21,23H,1-3,8-14H2/t18-/m0/s1. The van der Waals surface area contributed by atoms with Crippen LogP contribution in [-0.4, -0.2) is 64.2 Å². The molecule has 0 unspecified atom stereocenters. The molecule has 2 saturated heterocycles. The van der Waals surface area contributed by atoms with Crippen LogP contribution in [0.15, 0.2) is 24.3 Å². The van der Waals surface area contributed by atoms with Crippen LogP contribution < -0.4 is 0 Å². The molecule has 0 aliphatic carbocycles. The Morgan fingerprint density at radius 2 is 1.70 bits per heavy atom. The first-order valence-electron chi connectivity index (χ1n) is 8.59. The minimum absolute atomic E-state index is 0.0181. The van der Waals surface area contributed by atoms with E-state index in [-0.39, 0.29) is 11.7 Å². The molecular weight excluding hydrogens is 292 g/mol. The van der Waals surface area contributed by atoms with E-state index in [0.717, 1.165) is 32.5 Å². The molecule has 5 nitrogen and oxygen atoms in total. The molecule has 0 aromatic heterocycles. The van der Waals surface area contributed by atoms with E-state index in [2.05, 4.69) is 4.90 Å². The maximum Gasteiger partial charge on any atom is 0.253 e. The fourth-order valence-corrected chi connectivity index (χ4v) is 3.68. The number of aromatic hydroxyl groups is 1. The summed E-state index contributed by atoms with van der Waals surface area (Å²) in [5, 5.41) is 20.2. The number of β-amino-alcohol motifs (C(OH)–C–C–N with tert-alkyl or cyclic N) is 1. The molecule has 0 saturated carbocycles. The van der Waals surface area contributed by atoms with Crippen LogP contribution in [0, 0.1) is 0 Å². The van der Waals surface area contributed by atoms with Crippen LogP contribution in [0.1, 0.15) is 42.5 Å². The molecule has 2 aliphatic rings. The van der Waals surface area contributed by atoms with Gasteiger partial charge >= 0.3 is 0 Å². The van der Waals surface area contributed by atoms with Gasteiger partial charge in [-0.25, -0.2) is 0 Å². The Balaban J connectivity index is 1.61. The Morgan fingerprint density at radius 3 is 2.39 bits per heavy atom. The summed E-state index contributed by atoms with van der Waals surface area (Å²) in [6, 6.07) is 6.38. The molecule has 3 rings (SSSR count). The number of aliphatic hydroxyl groups is 1. The molecule has 1 aromatic carbocycles. The molecule has 0 radical (unpaired) electrons. The maximum atomic E-state index is 12.6. The van der Waals surface area contributed by atoms with Gasteiger partial charge in [-0.2, -0.15) is 0 Å². The molecule has 2 N–H and O–H groups in total. The number of hydrogen-bond donors (Lipinski definition) is 2. The number of nitrogens with zero attached hydrogens (tertiary/aromatic N) is 2. The van der Waals surface area contributed by atoms with Crippen molar-refractivity contribution in [3.63, 3.8) is 0 Å². The topological polar surface area (TPSA) is 64.0 Å². The van der Waals surface area contributed by atoms with Crippen molar-refractivity contribution in [1.82, 2.24) is 9.80 Å². The Hall–Kier alpha value is -1.59. The van der Waals surface area contributed by atoms with Gasteiger partial charge in [0.05, 0.1) is 5.60 Å². The van der Waals surface area contributed by atoms with Gasteiger partial charge in [-0.3, -0.25) is 4.79 Å². The summed E-state index contributed by atoms with van der Waals surface area (Å²) in [6.45, 7) is 4.16. The second kappa shape index (κ2) is 6.89. The van der Waals surface area contributed by atoms with Gasteiger partial charge in [0, 0.05) is 25.2 Å². The zero-order valence-corrected chi connectivity index (χ0v) is 13.6. The molecule has 0 bridgehead atoms. The van der Waals surface area contributed by atoms with Crippen molar-refractivity contribution in [3.05, 3.63) is 29.8 Å². The van der Waals surface area contributed by atoms with Gasteiger partial charge in [0.1, 0.15) is 5.75 Å². The van der Waals surface area contributed by atoms with E-state index in [1.54, 1.807) is 12.1 Å². The minimum atomic E-state index is -0.672. The monoisotopic (exact) mass is 318 g/mol. The van der Waals surface area contributed by atoms with E-state index in [4.69, 9.17) is 0 Å². The van der Waals surface area contributed by atoms with Gasteiger partial charge in [-0.05, 0) is 69.5 Å². The summed E-state index contributed by atoms with van der Waals surface area (Å²) < 4.78 is 0. The SMILES string of the molecule is O=C(c1ccc(O)cc1)N1CCC[C@@](O)(CN2CCCC2)CC1. The third-order valence-corrected chi connectivity index (χ3v) is 5.04. The Morgan fingerprint density at radius 1 is 1.00 bits per heavy atom. The fourth-order valence-electron chi connectivity index (χ4n) is 3.68. The van der Waals surface area contributed by atoms with Gasteiger partial charge < -0.3 is 20.0 Å². The third-order valence-electron chi connectivity index (χ3n) is 5.04. The molecule has 1 aromatic rings. The quantitative estimate of drug-likeness (QED) is 0.893. The summed E-state index contributed by atoms with van der Waals surface area (Å²) in [6.07, 6.45) is 4.66. The third kappa shape index (κ3) is 4.03. The molecule has 2 fully saturated rings. The number of rotatable bonds is 3. The van der Waals surface area contributed by atoms with Crippen LogP contribution in [0.4, 0.5) is 0 Å². The van der Waals surface area contributed by atoms with E-state index in [1.165, 1.54) is 25.0 Å². The van der Waals surface area contributed by atoms with E-state index in [1.807, 2.05) is 4.90 Å². The van der Waals surface area contributed by atoms with Gasteiger partial charge in [0.2, 0.25) is 0 Å². The number of benzene rings is 1. The molecule has 1 atom stereocenters. The zero-order valence-electron chi connectivity index (χ0n) is 13.6. The zero-order chi connectivity index (χ0) is 16.3. The van der Waals surface area contributed by atoms with Gasteiger partial charge in [-0.1, -0.05) is 0 Å². The summed E-state index contributed by atoms with van der Waals surface area (Å²) >= 11 is 0. The Kier molecular flexibility index (Phi) is 4.87. The highest BCUT2D eigenvalue weighted by atomic mass is 16.3. The number of phenols is 1. The molecule has 2 aliphatic heterocycles. The average molecular weight is 318 g/mol. The lowest BCUT2D eigenvalue weighted by molar-refractivity contribution is -0.00290. The first kappa shape index (κ1) is 16.3. The lowest BCUT2D eigenvalue weighted by Gasteiger charge is -2.31. The van der Waals surface area contributed by atoms with Gasteiger partial charge in [0.25, 0.3) is 5.91 Å². The van der Waals surface area contributed by atoms with E-state index >= 15 is 0 Å². The lowest BCUT2D eigenvalue weighted by atomic mass is 9.94. The summed E-state index contributed by atoms with van der Waals surface area (Å²) in [5.74, 6) is 0.146. The molecule has 1 amide bonds. The molecular formula is C18H26N2O3.